The minimum absolute atomic E-state index is 0.0173. The highest BCUT2D eigenvalue weighted by Crippen LogP contribution is 2.37. The molecule has 1 aromatic carbocycles. The van der Waals surface area contributed by atoms with Gasteiger partial charge in [-0.2, -0.15) is 14.9 Å². The number of esters is 1. The largest absolute Gasteiger partial charge is 0.462 e. The van der Waals surface area contributed by atoms with Gasteiger partial charge < -0.3 is 4.74 Å². The maximum Gasteiger partial charge on any atom is 0.309 e. The summed E-state index contributed by atoms with van der Waals surface area (Å²) in [6.45, 7) is 0. The number of carbonyl (C=O) groups excluding carboxylic acids is 1. The molecule has 3 rings (SSSR count). The van der Waals surface area contributed by atoms with Crippen LogP contribution in [0.3, 0.4) is 0 Å². The lowest BCUT2D eigenvalue weighted by molar-refractivity contribution is -0.157. The molecule has 0 unspecified atom stereocenters. The van der Waals surface area contributed by atoms with Crippen molar-refractivity contribution in [3.05, 3.63) is 59.4 Å². The molecule has 0 N–H and O–H groups in total. The summed E-state index contributed by atoms with van der Waals surface area (Å²) in [4.78, 5) is 12.6. The molecule has 0 radical (unpaired) electrons. The Morgan fingerprint density at radius 1 is 1.00 bits per heavy atom. The Morgan fingerprint density at radius 2 is 1.67 bits per heavy atom. The van der Waals surface area contributed by atoms with Crippen LogP contribution in [-0.4, -0.2) is 12.1 Å². The number of allylic oxidation sites excluding steroid dienone is 4. The molecule has 0 atom stereocenters. The fourth-order valence-corrected chi connectivity index (χ4v) is 4.49. The summed E-state index contributed by atoms with van der Waals surface area (Å²) in [5.41, 5.74) is 1.92. The van der Waals surface area contributed by atoms with E-state index in [0.717, 1.165) is 51.4 Å². The lowest BCUT2D eigenvalue weighted by atomic mass is 9.78. The van der Waals surface area contributed by atoms with E-state index in [1.54, 1.807) is 6.08 Å². The fourth-order valence-electron chi connectivity index (χ4n) is 4.49. The van der Waals surface area contributed by atoms with Gasteiger partial charge in [0.05, 0.1) is 17.6 Å². The molecule has 4 nitrogen and oxygen atoms in total. The topological polar surface area (TPSA) is 73.9 Å². The van der Waals surface area contributed by atoms with E-state index in [-0.39, 0.29) is 18.0 Å². The van der Waals surface area contributed by atoms with Gasteiger partial charge in [-0.25, -0.2) is 0 Å². The zero-order chi connectivity index (χ0) is 21.3. The van der Waals surface area contributed by atoms with Crippen LogP contribution in [0.2, 0.25) is 0 Å². The molecule has 2 aliphatic carbocycles. The van der Waals surface area contributed by atoms with Gasteiger partial charge in [-0.3, -0.25) is 4.79 Å². The Balaban J connectivity index is 1.40. The standard InChI is InChI=1S/C25H27FN2O2/c26-23(17-28)3-1-2-18-6-14-24(15-7-18)30-25(29)22-12-10-21(11-13-22)20-8-4-19(16-27)5-9-20/h1-5,8-9,18,21-22,24H,6-7,10-15H2/b2-1+,23-3?. The second-order valence-electron chi connectivity index (χ2n) is 8.27. The highest BCUT2D eigenvalue weighted by atomic mass is 19.1. The Labute approximate surface area is 177 Å². The first-order chi connectivity index (χ1) is 14.6. The monoisotopic (exact) mass is 406 g/mol. The number of carbonyl (C=O) groups is 1. The average molecular weight is 407 g/mol. The van der Waals surface area contributed by atoms with Gasteiger partial charge >= 0.3 is 5.97 Å². The first kappa shape index (κ1) is 21.8. The minimum Gasteiger partial charge on any atom is -0.462 e. The third kappa shape index (κ3) is 6.04. The van der Waals surface area contributed by atoms with E-state index in [0.29, 0.717) is 17.4 Å². The predicted molar refractivity (Wildman–Crippen MR) is 112 cm³/mol. The molecule has 0 saturated heterocycles. The van der Waals surface area contributed by atoms with Gasteiger partial charge in [0, 0.05) is 0 Å². The minimum atomic E-state index is -0.789. The van der Waals surface area contributed by atoms with Crippen molar-refractivity contribution in [1.29, 1.82) is 10.5 Å². The summed E-state index contributed by atoms with van der Waals surface area (Å²) in [6.07, 6.45) is 11.8. The van der Waals surface area contributed by atoms with Crippen LogP contribution in [0, 0.1) is 34.5 Å². The van der Waals surface area contributed by atoms with Gasteiger partial charge in [0.1, 0.15) is 12.2 Å². The summed E-state index contributed by atoms with van der Waals surface area (Å²) in [6, 6.07) is 11.4. The lowest BCUT2D eigenvalue weighted by Gasteiger charge is -2.31. The Hall–Kier alpha value is -2.92. The molecule has 2 aliphatic rings. The van der Waals surface area contributed by atoms with Gasteiger partial charge in [-0.1, -0.05) is 24.3 Å². The van der Waals surface area contributed by atoms with Crippen molar-refractivity contribution in [3.63, 3.8) is 0 Å². The summed E-state index contributed by atoms with van der Waals surface area (Å²) in [5.74, 6) is -0.0834. The van der Waals surface area contributed by atoms with E-state index in [4.69, 9.17) is 15.3 Å². The molecule has 5 heteroatoms. The van der Waals surface area contributed by atoms with Crippen molar-refractivity contribution >= 4 is 5.97 Å². The van der Waals surface area contributed by atoms with Crippen LogP contribution in [0.15, 0.2) is 48.3 Å². The summed E-state index contributed by atoms with van der Waals surface area (Å²) < 4.78 is 18.6. The molecular weight excluding hydrogens is 379 g/mol. The van der Waals surface area contributed by atoms with Crippen LogP contribution in [0.1, 0.15) is 68.4 Å². The van der Waals surface area contributed by atoms with Gasteiger partial charge in [-0.05, 0) is 87.0 Å². The smallest absolute Gasteiger partial charge is 0.309 e. The Kier molecular flexibility index (Phi) is 7.80. The van der Waals surface area contributed by atoms with Crippen molar-refractivity contribution in [2.75, 3.05) is 0 Å². The molecule has 0 aromatic heterocycles. The third-order valence-corrected chi connectivity index (χ3v) is 6.31. The van der Waals surface area contributed by atoms with Crippen molar-refractivity contribution in [1.82, 2.24) is 0 Å². The number of ether oxygens (including phenoxy) is 1. The fraction of sp³-hybridized carbons (Fsp3) is 0.480. The zero-order valence-corrected chi connectivity index (χ0v) is 17.1. The highest BCUT2D eigenvalue weighted by molar-refractivity contribution is 5.72. The van der Waals surface area contributed by atoms with Crippen molar-refractivity contribution in [3.8, 4) is 12.1 Å². The molecule has 0 bridgehead atoms. The number of hydrogen-bond donors (Lipinski definition) is 0. The van der Waals surface area contributed by atoms with Crippen LogP contribution < -0.4 is 0 Å². The molecule has 156 valence electrons. The normalized spacial score (nSPS) is 27.2. The summed E-state index contributed by atoms with van der Waals surface area (Å²) >= 11 is 0. The summed E-state index contributed by atoms with van der Waals surface area (Å²) in [7, 11) is 0. The molecule has 1 aromatic rings. The molecule has 0 spiro atoms. The number of benzene rings is 1. The number of nitriles is 2. The molecule has 2 fully saturated rings. The van der Waals surface area contributed by atoms with Gasteiger partial charge in [0.2, 0.25) is 0 Å². The molecule has 30 heavy (non-hydrogen) atoms. The molecule has 0 heterocycles. The lowest BCUT2D eigenvalue weighted by Crippen LogP contribution is -2.29. The van der Waals surface area contributed by atoms with E-state index in [2.05, 4.69) is 6.07 Å². The van der Waals surface area contributed by atoms with Crippen LogP contribution in [0.4, 0.5) is 4.39 Å². The number of rotatable bonds is 5. The highest BCUT2D eigenvalue weighted by Gasteiger charge is 2.30. The SMILES string of the molecule is N#CC(F)=C/C=C/C1CCC(OC(=O)C2CCC(c3ccc(C#N)cc3)CC2)CC1. The predicted octanol–water partition coefficient (Wildman–Crippen LogP) is 5.87. The van der Waals surface area contributed by atoms with Gasteiger partial charge in [0.15, 0.2) is 5.83 Å². The van der Waals surface area contributed by atoms with E-state index in [9.17, 15) is 9.18 Å². The van der Waals surface area contributed by atoms with Crippen LogP contribution in [0.25, 0.3) is 0 Å². The van der Waals surface area contributed by atoms with E-state index < -0.39 is 5.83 Å². The van der Waals surface area contributed by atoms with Crippen LogP contribution in [0.5, 0.6) is 0 Å². The van der Waals surface area contributed by atoms with Crippen molar-refractivity contribution in [2.24, 2.45) is 11.8 Å². The maximum absolute atomic E-state index is 12.8. The molecular formula is C25H27FN2O2. The van der Waals surface area contributed by atoms with Gasteiger partial charge in [0.25, 0.3) is 0 Å². The van der Waals surface area contributed by atoms with Crippen molar-refractivity contribution in [2.45, 2.75) is 63.4 Å². The zero-order valence-electron chi connectivity index (χ0n) is 17.1. The van der Waals surface area contributed by atoms with Crippen LogP contribution in [-0.2, 0) is 9.53 Å². The Morgan fingerprint density at radius 3 is 2.27 bits per heavy atom. The molecule has 0 amide bonds. The number of halogens is 1. The number of nitrogens with zero attached hydrogens (tertiary/aromatic N) is 2. The molecule has 2 saturated carbocycles. The van der Waals surface area contributed by atoms with Crippen LogP contribution >= 0.6 is 0 Å². The quantitative estimate of drug-likeness (QED) is 0.348. The second kappa shape index (κ2) is 10.7. The van der Waals surface area contributed by atoms with E-state index in [1.165, 1.54) is 17.7 Å². The van der Waals surface area contributed by atoms with E-state index in [1.807, 2.05) is 30.3 Å². The third-order valence-electron chi connectivity index (χ3n) is 6.31. The van der Waals surface area contributed by atoms with Gasteiger partial charge in [-0.15, -0.1) is 0 Å². The molecule has 0 aliphatic heterocycles. The second-order valence-corrected chi connectivity index (χ2v) is 8.27. The van der Waals surface area contributed by atoms with E-state index >= 15 is 0 Å². The number of hydrogen-bond acceptors (Lipinski definition) is 4. The first-order valence-corrected chi connectivity index (χ1v) is 10.7. The summed E-state index contributed by atoms with van der Waals surface area (Å²) in [5, 5.41) is 17.3. The maximum atomic E-state index is 12.8. The Bertz CT molecular complexity index is 860. The first-order valence-electron chi connectivity index (χ1n) is 10.7. The van der Waals surface area contributed by atoms with Crippen molar-refractivity contribution < 1.29 is 13.9 Å². The average Bonchev–Trinajstić information content (AvgIpc) is 2.80.